The second kappa shape index (κ2) is 7.13. The fraction of sp³-hybridized carbons (Fsp3) is 0.462. The molecule has 0 aliphatic heterocycles. The highest BCUT2D eigenvalue weighted by atomic mass is 32.2. The predicted octanol–water partition coefficient (Wildman–Crippen LogP) is 0.738. The quantitative estimate of drug-likeness (QED) is 0.639. The number of nitrogens with zero attached hydrogens (tertiary/aromatic N) is 2. The zero-order valence-corrected chi connectivity index (χ0v) is 12.4. The zero-order chi connectivity index (χ0) is 14.3. The van der Waals surface area contributed by atoms with Crippen molar-refractivity contribution in [2.45, 2.75) is 6.54 Å². The van der Waals surface area contributed by atoms with Crippen molar-refractivity contribution in [3.05, 3.63) is 35.9 Å². The van der Waals surface area contributed by atoms with Crippen LogP contribution < -0.4 is 5.32 Å². The van der Waals surface area contributed by atoms with E-state index in [1.165, 1.54) is 6.26 Å². The summed E-state index contributed by atoms with van der Waals surface area (Å²) in [4.78, 5) is 6.29. The Kier molecular flexibility index (Phi) is 5.82. The Morgan fingerprint density at radius 1 is 1.26 bits per heavy atom. The van der Waals surface area contributed by atoms with Crippen LogP contribution in [0.5, 0.6) is 0 Å². The Hall–Kier alpha value is -1.56. The van der Waals surface area contributed by atoms with E-state index < -0.39 is 9.84 Å². The number of sulfone groups is 1. The number of rotatable bonds is 5. The Labute approximate surface area is 115 Å². The molecular formula is C13H21N3O2S. The van der Waals surface area contributed by atoms with Gasteiger partial charge in [-0.15, -0.1) is 0 Å². The second-order valence-corrected chi connectivity index (χ2v) is 6.84. The summed E-state index contributed by atoms with van der Waals surface area (Å²) in [6.45, 7) is 0.935. The van der Waals surface area contributed by atoms with E-state index in [0.29, 0.717) is 19.0 Å². The zero-order valence-electron chi connectivity index (χ0n) is 11.6. The van der Waals surface area contributed by atoms with Crippen LogP contribution in [0.2, 0.25) is 0 Å². The van der Waals surface area contributed by atoms with Gasteiger partial charge in [-0.3, -0.25) is 0 Å². The molecule has 1 N–H and O–H groups in total. The summed E-state index contributed by atoms with van der Waals surface area (Å²) >= 11 is 0. The fourth-order valence-corrected chi connectivity index (χ4v) is 1.93. The molecule has 106 valence electrons. The highest BCUT2D eigenvalue weighted by Crippen LogP contribution is 2.00. The van der Waals surface area contributed by atoms with E-state index in [9.17, 15) is 8.42 Å². The van der Waals surface area contributed by atoms with Gasteiger partial charge in [0.25, 0.3) is 0 Å². The third-order valence-corrected chi connectivity index (χ3v) is 3.38. The van der Waals surface area contributed by atoms with Crippen molar-refractivity contribution in [1.82, 2.24) is 10.2 Å². The van der Waals surface area contributed by atoms with Crippen molar-refractivity contribution in [2.24, 2.45) is 4.99 Å². The first-order valence-corrected chi connectivity index (χ1v) is 8.12. The fourth-order valence-electron chi connectivity index (χ4n) is 1.45. The number of aliphatic imine (C=N–C) groups is 1. The topological polar surface area (TPSA) is 61.8 Å². The predicted molar refractivity (Wildman–Crippen MR) is 79.0 cm³/mol. The van der Waals surface area contributed by atoms with Crippen LogP contribution in [0.15, 0.2) is 35.3 Å². The summed E-state index contributed by atoms with van der Waals surface area (Å²) in [5, 5.41) is 3.04. The number of hydrogen-bond donors (Lipinski definition) is 1. The van der Waals surface area contributed by atoms with Crippen molar-refractivity contribution in [2.75, 3.05) is 32.6 Å². The first kappa shape index (κ1) is 15.5. The van der Waals surface area contributed by atoms with Crippen LogP contribution in [0.1, 0.15) is 5.56 Å². The summed E-state index contributed by atoms with van der Waals surface area (Å²) in [5.41, 5.74) is 1.12. The lowest BCUT2D eigenvalue weighted by Gasteiger charge is -2.17. The highest BCUT2D eigenvalue weighted by molar-refractivity contribution is 7.90. The van der Waals surface area contributed by atoms with Crippen molar-refractivity contribution < 1.29 is 8.42 Å². The molecule has 0 spiro atoms. The molecule has 0 aliphatic rings. The summed E-state index contributed by atoms with van der Waals surface area (Å²) in [6, 6.07) is 9.92. The van der Waals surface area contributed by atoms with E-state index in [4.69, 9.17) is 0 Å². The molecule has 19 heavy (non-hydrogen) atoms. The van der Waals surface area contributed by atoms with Gasteiger partial charge in [-0.25, -0.2) is 13.4 Å². The Morgan fingerprint density at radius 2 is 1.89 bits per heavy atom. The normalized spacial score (nSPS) is 12.3. The van der Waals surface area contributed by atoms with Crippen LogP contribution >= 0.6 is 0 Å². The smallest absolute Gasteiger partial charge is 0.193 e. The van der Waals surface area contributed by atoms with Crippen LogP contribution in [0.25, 0.3) is 0 Å². The van der Waals surface area contributed by atoms with Gasteiger partial charge in [-0.05, 0) is 5.56 Å². The van der Waals surface area contributed by atoms with E-state index in [1.54, 1.807) is 0 Å². The SMILES string of the molecule is CN(C)C(=NCc1ccccc1)NCCS(C)(=O)=O. The van der Waals surface area contributed by atoms with E-state index >= 15 is 0 Å². The molecule has 5 nitrogen and oxygen atoms in total. The summed E-state index contributed by atoms with van der Waals surface area (Å²) < 4.78 is 22.1. The van der Waals surface area contributed by atoms with E-state index in [1.807, 2.05) is 49.3 Å². The van der Waals surface area contributed by atoms with Gasteiger partial charge in [0.05, 0.1) is 12.3 Å². The van der Waals surface area contributed by atoms with Crippen molar-refractivity contribution >= 4 is 15.8 Å². The largest absolute Gasteiger partial charge is 0.355 e. The molecule has 0 heterocycles. The van der Waals surface area contributed by atoms with Crippen LogP contribution in [-0.4, -0.2) is 51.9 Å². The minimum Gasteiger partial charge on any atom is -0.355 e. The first-order valence-electron chi connectivity index (χ1n) is 6.06. The number of nitrogens with one attached hydrogen (secondary N) is 1. The van der Waals surface area contributed by atoms with Crippen LogP contribution in [0, 0.1) is 0 Å². The van der Waals surface area contributed by atoms with Gasteiger partial charge in [0.15, 0.2) is 5.96 Å². The van der Waals surface area contributed by atoms with Gasteiger partial charge >= 0.3 is 0 Å². The van der Waals surface area contributed by atoms with Crippen molar-refractivity contribution in [3.63, 3.8) is 0 Å². The van der Waals surface area contributed by atoms with Gasteiger partial charge < -0.3 is 10.2 Å². The van der Waals surface area contributed by atoms with Gasteiger partial charge in [0.2, 0.25) is 0 Å². The molecule has 1 aromatic rings. The second-order valence-electron chi connectivity index (χ2n) is 4.58. The molecule has 1 aromatic carbocycles. The molecule has 0 bridgehead atoms. The molecule has 6 heteroatoms. The molecule has 0 unspecified atom stereocenters. The lowest BCUT2D eigenvalue weighted by molar-refractivity contribution is 0.578. The number of guanidine groups is 1. The minimum atomic E-state index is -2.95. The van der Waals surface area contributed by atoms with E-state index in [0.717, 1.165) is 5.56 Å². The van der Waals surface area contributed by atoms with Gasteiger partial charge in [-0.1, -0.05) is 30.3 Å². The monoisotopic (exact) mass is 283 g/mol. The molecule has 0 aromatic heterocycles. The lowest BCUT2D eigenvalue weighted by atomic mass is 10.2. The molecule has 0 saturated heterocycles. The highest BCUT2D eigenvalue weighted by Gasteiger charge is 2.05. The summed E-state index contributed by atoms with van der Waals surface area (Å²) in [7, 11) is 0.796. The van der Waals surface area contributed by atoms with Gasteiger partial charge in [0.1, 0.15) is 9.84 Å². The van der Waals surface area contributed by atoms with Crippen LogP contribution in [-0.2, 0) is 16.4 Å². The molecule has 0 aliphatic carbocycles. The maximum atomic E-state index is 11.1. The van der Waals surface area contributed by atoms with Crippen LogP contribution in [0.3, 0.4) is 0 Å². The Morgan fingerprint density at radius 3 is 2.42 bits per heavy atom. The summed E-state index contributed by atoms with van der Waals surface area (Å²) in [6.07, 6.45) is 1.23. The van der Waals surface area contributed by atoms with E-state index in [-0.39, 0.29) is 5.75 Å². The maximum Gasteiger partial charge on any atom is 0.193 e. The van der Waals surface area contributed by atoms with Gasteiger partial charge in [0, 0.05) is 26.9 Å². The van der Waals surface area contributed by atoms with Gasteiger partial charge in [-0.2, -0.15) is 0 Å². The average Bonchev–Trinajstić information content (AvgIpc) is 2.33. The average molecular weight is 283 g/mol. The minimum absolute atomic E-state index is 0.102. The molecular weight excluding hydrogens is 262 g/mol. The lowest BCUT2D eigenvalue weighted by Crippen LogP contribution is -2.38. The molecule has 0 amide bonds. The third-order valence-electron chi connectivity index (χ3n) is 2.43. The van der Waals surface area contributed by atoms with E-state index in [2.05, 4.69) is 10.3 Å². The Balaban J connectivity index is 2.57. The number of benzene rings is 1. The van der Waals surface area contributed by atoms with Crippen molar-refractivity contribution in [3.8, 4) is 0 Å². The van der Waals surface area contributed by atoms with Crippen molar-refractivity contribution in [1.29, 1.82) is 0 Å². The third kappa shape index (κ3) is 6.81. The molecule has 0 atom stereocenters. The maximum absolute atomic E-state index is 11.1. The van der Waals surface area contributed by atoms with Crippen LogP contribution in [0.4, 0.5) is 0 Å². The summed E-state index contributed by atoms with van der Waals surface area (Å²) in [5.74, 6) is 0.790. The first-order chi connectivity index (χ1) is 8.88. The standard InChI is InChI=1S/C13H21N3O2S/c1-16(2)13(14-9-10-19(3,17)18)15-11-12-7-5-4-6-8-12/h4-8H,9-11H2,1-3H3,(H,14,15). The molecule has 0 saturated carbocycles. The molecule has 0 radical (unpaired) electrons. The number of hydrogen-bond acceptors (Lipinski definition) is 3. The molecule has 1 rings (SSSR count). The molecule has 0 fully saturated rings. The Bertz CT molecular complexity index is 510.